The molecule has 6 nitrogen and oxygen atoms in total. The summed E-state index contributed by atoms with van der Waals surface area (Å²) in [6.07, 6.45) is 3.60. The van der Waals surface area contributed by atoms with Crippen molar-refractivity contribution in [1.82, 2.24) is 4.90 Å². The number of hydrogen-bond acceptors (Lipinski definition) is 5. The summed E-state index contributed by atoms with van der Waals surface area (Å²) in [4.78, 5) is 38.4. The Bertz CT molecular complexity index is 729. The number of methoxy groups -OCH3 is 1. The maximum Gasteiger partial charge on any atom is 0.337 e. The van der Waals surface area contributed by atoms with Gasteiger partial charge in [-0.05, 0) is 36.0 Å². The zero-order valence-corrected chi connectivity index (χ0v) is 16.8. The minimum atomic E-state index is -0.403. The number of carbonyl (C=O) groups excluding carboxylic acids is 3. The predicted molar refractivity (Wildman–Crippen MR) is 103 cm³/mol. The molecule has 4 atom stereocenters. The molecule has 6 heteroatoms. The van der Waals surface area contributed by atoms with Crippen LogP contribution in [0.15, 0.2) is 24.3 Å². The molecule has 1 aliphatic carbocycles. The zero-order valence-electron chi connectivity index (χ0n) is 16.8. The first-order valence-corrected chi connectivity index (χ1v) is 10.0. The molecular weight excluding hydrogens is 358 g/mol. The topological polar surface area (TPSA) is 72.9 Å². The van der Waals surface area contributed by atoms with Crippen LogP contribution in [0.5, 0.6) is 0 Å². The van der Waals surface area contributed by atoms with Gasteiger partial charge in [0.25, 0.3) is 0 Å². The minimum Gasteiger partial charge on any atom is -0.465 e. The lowest BCUT2D eigenvalue weighted by atomic mass is 9.77. The summed E-state index contributed by atoms with van der Waals surface area (Å²) in [6, 6.07) is 6.98. The van der Waals surface area contributed by atoms with Crippen LogP contribution in [-0.2, 0) is 25.7 Å². The highest BCUT2D eigenvalue weighted by Gasteiger charge is 2.42. The van der Waals surface area contributed by atoms with E-state index in [0.717, 1.165) is 18.4 Å². The van der Waals surface area contributed by atoms with Gasteiger partial charge in [0, 0.05) is 19.0 Å². The maximum absolute atomic E-state index is 12.5. The summed E-state index contributed by atoms with van der Waals surface area (Å²) in [7, 11) is 1.33. The van der Waals surface area contributed by atoms with Gasteiger partial charge in [-0.3, -0.25) is 9.59 Å². The third-order valence-corrected chi connectivity index (χ3v) is 6.31. The van der Waals surface area contributed by atoms with E-state index in [0.29, 0.717) is 23.9 Å². The van der Waals surface area contributed by atoms with Crippen LogP contribution in [0.1, 0.15) is 55.5 Å². The molecule has 0 bridgehead atoms. The molecule has 0 unspecified atom stereocenters. The molecule has 2 aliphatic rings. The molecule has 1 saturated heterocycles. The van der Waals surface area contributed by atoms with Crippen LogP contribution in [0.3, 0.4) is 0 Å². The monoisotopic (exact) mass is 387 g/mol. The Balaban J connectivity index is 1.54. The van der Waals surface area contributed by atoms with Gasteiger partial charge in [-0.1, -0.05) is 38.8 Å². The van der Waals surface area contributed by atoms with Crippen LogP contribution < -0.4 is 0 Å². The molecule has 1 saturated carbocycles. The molecule has 0 radical (unpaired) electrons. The van der Waals surface area contributed by atoms with Crippen molar-refractivity contribution in [3.63, 3.8) is 0 Å². The molecule has 28 heavy (non-hydrogen) atoms. The molecular formula is C22H29NO5. The largest absolute Gasteiger partial charge is 0.465 e. The second kappa shape index (κ2) is 8.76. The van der Waals surface area contributed by atoms with Crippen LogP contribution in [0, 0.1) is 17.8 Å². The lowest BCUT2D eigenvalue weighted by Gasteiger charge is -2.39. The fraction of sp³-hybridized carbons (Fsp3) is 0.591. The number of likely N-dealkylation sites (tertiary alicyclic amines) is 1. The Morgan fingerprint density at radius 3 is 2.54 bits per heavy atom. The van der Waals surface area contributed by atoms with E-state index in [9.17, 15) is 14.4 Å². The Labute approximate surface area is 166 Å². The number of carbonyl (C=O) groups is 3. The van der Waals surface area contributed by atoms with E-state index in [-0.39, 0.29) is 30.9 Å². The molecule has 1 aliphatic heterocycles. The fourth-order valence-electron chi connectivity index (χ4n) is 4.33. The second-order valence-electron chi connectivity index (χ2n) is 8.08. The van der Waals surface area contributed by atoms with Gasteiger partial charge in [0.15, 0.2) is 0 Å². The van der Waals surface area contributed by atoms with Gasteiger partial charge < -0.3 is 14.4 Å². The first-order valence-electron chi connectivity index (χ1n) is 10.0. The number of rotatable bonds is 5. The fourth-order valence-corrected chi connectivity index (χ4v) is 4.33. The number of hydrogen-bond donors (Lipinski definition) is 0. The summed E-state index contributed by atoms with van der Waals surface area (Å²) in [5.41, 5.74) is 1.24. The molecule has 1 aromatic rings. The van der Waals surface area contributed by atoms with Crippen LogP contribution >= 0.6 is 0 Å². The van der Waals surface area contributed by atoms with Crippen molar-refractivity contribution < 1.29 is 23.9 Å². The highest BCUT2D eigenvalue weighted by molar-refractivity contribution is 5.89. The van der Waals surface area contributed by atoms with Crippen LogP contribution in [-0.4, -0.2) is 42.4 Å². The molecule has 3 rings (SSSR count). The van der Waals surface area contributed by atoms with Gasteiger partial charge in [-0.2, -0.15) is 0 Å². The molecule has 0 aromatic heterocycles. The van der Waals surface area contributed by atoms with Crippen molar-refractivity contribution in [3.05, 3.63) is 35.4 Å². The molecule has 1 amide bonds. The number of esters is 2. The summed E-state index contributed by atoms with van der Waals surface area (Å²) < 4.78 is 10.1. The first kappa shape index (κ1) is 20.4. The van der Waals surface area contributed by atoms with E-state index in [1.54, 1.807) is 24.3 Å². The van der Waals surface area contributed by atoms with Crippen molar-refractivity contribution in [2.24, 2.45) is 17.8 Å². The smallest absolute Gasteiger partial charge is 0.337 e. The van der Waals surface area contributed by atoms with E-state index in [1.165, 1.54) is 13.5 Å². The maximum atomic E-state index is 12.5. The molecule has 1 aromatic carbocycles. The highest BCUT2D eigenvalue weighted by atomic mass is 16.5. The van der Waals surface area contributed by atoms with Crippen molar-refractivity contribution in [3.8, 4) is 0 Å². The summed E-state index contributed by atoms with van der Waals surface area (Å²) in [6.45, 7) is 5.04. The normalized spacial score (nSPS) is 27.5. The summed E-state index contributed by atoms with van der Waals surface area (Å²) in [5, 5.41) is 0. The van der Waals surface area contributed by atoms with Gasteiger partial charge >= 0.3 is 11.9 Å². The van der Waals surface area contributed by atoms with E-state index in [4.69, 9.17) is 4.74 Å². The van der Waals surface area contributed by atoms with E-state index >= 15 is 0 Å². The van der Waals surface area contributed by atoms with Crippen molar-refractivity contribution in [1.29, 1.82) is 0 Å². The van der Waals surface area contributed by atoms with Crippen molar-refractivity contribution in [2.45, 2.75) is 52.2 Å². The van der Waals surface area contributed by atoms with E-state index in [2.05, 4.69) is 18.6 Å². The predicted octanol–water partition coefficient (Wildman–Crippen LogP) is 3.19. The van der Waals surface area contributed by atoms with E-state index in [1.807, 2.05) is 4.90 Å². The Morgan fingerprint density at radius 2 is 1.86 bits per heavy atom. The third kappa shape index (κ3) is 4.37. The van der Waals surface area contributed by atoms with Gasteiger partial charge in [-0.15, -0.1) is 0 Å². The average molecular weight is 387 g/mol. The standard InChI is InChI=1S/C22H29NO5/c1-14-5-4-6-19(15(14)2)23-12-18(11-20(23)24)22(26)28-13-16-7-9-17(10-8-16)21(25)27-3/h7-10,14-15,18-19H,4-6,11-13H2,1-3H3/t14-,15-,18-,19-/m1/s1. The number of ether oxygens (including phenoxy) is 2. The van der Waals surface area contributed by atoms with Gasteiger partial charge in [0.2, 0.25) is 5.91 Å². The Hall–Kier alpha value is -2.37. The zero-order chi connectivity index (χ0) is 20.3. The van der Waals surface area contributed by atoms with Crippen molar-refractivity contribution >= 4 is 17.8 Å². The highest BCUT2D eigenvalue weighted by Crippen LogP contribution is 2.36. The SMILES string of the molecule is COC(=O)c1ccc(COC(=O)[C@@H]2CC(=O)N([C@@H]3CCC[C@@H](C)[C@H]3C)C2)cc1. The minimum absolute atomic E-state index is 0.0651. The van der Waals surface area contributed by atoms with Gasteiger partial charge in [0.05, 0.1) is 18.6 Å². The molecule has 0 spiro atoms. The van der Waals surface area contributed by atoms with Crippen LogP contribution in [0.25, 0.3) is 0 Å². The third-order valence-electron chi connectivity index (χ3n) is 6.31. The Morgan fingerprint density at radius 1 is 1.14 bits per heavy atom. The molecule has 152 valence electrons. The molecule has 2 fully saturated rings. The number of amides is 1. The van der Waals surface area contributed by atoms with Crippen LogP contribution in [0.4, 0.5) is 0 Å². The van der Waals surface area contributed by atoms with E-state index < -0.39 is 11.9 Å². The lowest BCUT2D eigenvalue weighted by Crippen LogP contribution is -2.45. The van der Waals surface area contributed by atoms with Gasteiger partial charge in [0.1, 0.15) is 6.61 Å². The Kier molecular flexibility index (Phi) is 6.37. The average Bonchev–Trinajstić information content (AvgIpc) is 3.09. The lowest BCUT2D eigenvalue weighted by molar-refractivity contribution is -0.149. The summed E-state index contributed by atoms with van der Waals surface area (Å²) in [5.74, 6) is -0.00307. The molecule has 1 heterocycles. The second-order valence-corrected chi connectivity index (χ2v) is 8.08. The molecule has 0 N–H and O–H groups in total. The number of benzene rings is 1. The van der Waals surface area contributed by atoms with Crippen LogP contribution in [0.2, 0.25) is 0 Å². The first-order chi connectivity index (χ1) is 13.4. The number of nitrogens with zero attached hydrogens (tertiary/aromatic N) is 1. The van der Waals surface area contributed by atoms with Crippen molar-refractivity contribution in [2.75, 3.05) is 13.7 Å². The van der Waals surface area contributed by atoms with Gasteiger partial charge in [-0.25, -0.2) is 4.79 Å². The summed E-state index contributed by atoms with van der Waals surface area (Å²) >= 11 is 0. The quantitative estimate of drug-likeness (QED) is 0.726.